The summed E-state index contributed by atoms with van der Waals surface area (Å²) in [4.78, 5) is 135. The van der Waals surface area contributed by atoms with Crippen LogP contribution in [0, 0.1) is 0 Å². The predicted molar refractivity (Wildman–Crippen MR) is 478 cm³/mol. The van der Waals surface area contributed by atoms with Gasteiger partial charge in [0.15, 0.2) is 0 Å². The molecule has 4 aromatic carbocycles. The third kappa shape index (κ3) is 46.2. The van der Waals surface area contributed by atoms with Crippen molar-refractivity contribution >= 4 is 81.9 Å². The first kappa shape index (κ1) is 101. The lowest BCUT2D eigenvalue weighted by Crippen LogP contribution is -2.33. The van der Waals surface area contributed by atoms with E-state index < -0.39 is 60.5 Å². The fourth-order valence-corrected chi connectivity index (χ4v) is 13.6. The zero-order valence-corrected chi connectivity index (χ0v) is 73.0. The Bertz CT molecular complexity index is 3490. The first-order valence-electron chi connectivity index (χ1n) is 45.6. The second kappa shape index (κ2) is 65.1. The number of carbonyl (C=O) groups is 10. The molecule has 1 aliphatic heterocycles. The number of rotatable bonds is 32. The van der Waals surface area contributed by atoms with Gasteiger partial charge in [0.1, 0.15) is 36.1 Å². The number of carbonyl (C=O) groups excluding carboxylic acids is 10. The Labute approximate surface area is 715 Å². The fraction of sp³-hybridized carbons (Fsp3) is 0.604. The summed E-state index contributed by atoms with van der Waals surface area (Å²) >= 11 is 0. The Morgan fingerprint density at radius 1 is 0.267 bits per heavy atom. The number of anilines is 4. The molecule has 0 unspecified atom stereocenters. The highest BCUT2D eigenvalue weighted by Crippen LogP contribution is 2.29. The normalized spacial score (nSPS) is 16.0. The largest absolute Gasteiger partial charge is 0.493 e. The summed E-state index contributed by atoms with van der Waals surface area (Å²) in [5.41, 5.74) is 1.87. The van der Waals surface area contributed by atoms with Crippen LogP contribution in [0.3, 0.4) is 0 Å². The lowest BCUT2D eigenvalue weighted by Gasteiger charge is -2.15. The van der Waals surface area contributed by atoms with E-state index in [1.54, 1.807) is 60.7 Å². The van der Waals surface area contributed by atoms with Crippen LogP contribution in [0.25, 0.3) is 0 Å². The molecule has 8 amide bonds. The molecule has 5 rings (SSSR count). The Morgan fingerprint density at radius 3 is 0.800 bits per heavy atom. The van der Waals surface area contributed by atoms with Gasteiger partial charge in [0.05, 0.1) is 75.0 Å². The number of hydrogen-bond acceptors (Lipinski definition) is 16. The Balaban J connectivity index is 1.22. The van der Waals surface area contributed by atoms with Crippen molar-refractivity contribution in [3.63, 3.8) is 0 Å². The van der Waals surface area contributed by atoms with E-state index in [4.69, 9.17) is 28.4 Å². The summed E-state index contributed by atoms with van der Waals surface area (Å²) in [5.74, 6) is -3.88. The summed E-state index contributed by atoms with van der Waals surface area (Å²) in [6.45, 7) is 8.96. The maximum absolute atomic E-state index is 14.0. The van der Waals surface area contributed by atoms with Crippen LogP contribution in [0.15, 0.2) is 97.1 Å². The zero-order chi connectivity index (χ0) is 86.1. The Hall–Kier alpha value is -9.74. The SMILES string of the molecule is CCCCCCCCOc1ccc2cc1C(=O)NCC(=O)Nc1ccc(OCCCCCCCC)c(c1)C(=O)NCC(=O)OCCCCCCCCC=CCCCC(=O)Nc1ccc(OCCCCCCCC)c(c1)C(=O)NCC(=O)Nc1ccc(OCCCCCCCC)c(c1)C(=O)NCC(=O)OCCCCCCCCC=CCCCC(=O)N2. The molecule has 8 N–H and O–H groups in total. The summed E-state index contributed by atoms with van der Waals surface area (Å²) < 4.78 is 35.5. The molecule has 120 heavy (non-hydrogen) atoms. The van der Waals surface area contributed by atoms with Crippen LogP contribution in [0.4, 0.5) is 22.7 Å². The van der Waals surface area contributed by atoms with Gasteiger partial charge in [0.25, 0.3) is 23.6 Å². The molecule has 0 aliphatic carbocycles. The highest BCUT2D eigenvalue weighted by Gasteiger charge is 2.23. The lowest BCUT2D eigenvalue weighted by atomic mass is 10.1. The Kier molecular flexibility index (Phi) is 54.7. The van der Waals surface area contributed by atoms with E-state index in [-0.39, 0.29) is 96.1 Å². The summed E-state index contributed by atoms with van der Waals surface area (Å²) in [5, 5.41) is 22.2. The lowest BCUT2D eigenvalue weighted by molar-refractivity contribution is -0.143. The van der Waals surface area contributed by atoms with Crippen molar-refractivity contribution < 1.29 is 76.4 Å². The minimum atomic E-state index is -0.592. The van der Waals surface area contributed by atoms with Crippen molar-refractivity contribution in [1.29, 1.82) is 0 Å². The number of esters is 2. The van der Waals surface area contributed by atoms with Crippen molar-refractivity contribution in [1.82, 2.24) is 21.3 Å². The van der Waals surface area contributed by atoms with E-state index in [1.165, 1.54) is 25.0 Å². The summed E-state index contributed by atoms with van der Waals surface area (Å²) in [6, 6.07) is 19.2. The van der Waals surface area contributed by atoms with Crippen LogP contribution in [-0.2, 0) is 38.2 Å². The van der Waals surface area contributed by atoms with Gasteiger partial charge in [-0.3, -0.25) is 47.9 Å². The molecule has 1 heterocycles. The van der Waals surface area contributed by atoms with Crippen LogP contribution < -0.4 is 61.5 Å². The third-order valence-corrected chi connectivity index (χ3v) is 20.6. The van der Waals surface area contributed by atoms with Gasteiger partial charge < -0.3 is 71.0 Å². The molecule has 24 nitrogen and oxygen atoms in total. The molecule has 24 heteroatoms. The standard InChI is InChI=1S/C96H144N8O16/c1-5-9-13-17-37-45-61-115-83-57-53-75-67-79(83)93(111)97-71-89(107)103-77-55-59-85(117-63-47-39-19-15-11-7-3)81(69-77)95(113)99-73-91(109)119-65-49-42-34-30-26-22-24-28-32-36-44-52-88(106)102-76-54-58-84(116-62-46-38-18-14-10-6-2)80(68-76)94(112)98-72-90(108)104-78-56-60-86(118-64-48-40-20-16-12-8-4)82(70-78)96(114)100-74-92(110)120-66-50-41-33-29-25-21-23-27-31-35-43-51-87(105)101-75/h27-28,31-32,53-60,67-70H,5-26,29-30,33-52,61-66,71-74H2,1-4H3,(H,97,111)(H,98,112)(H,99,113)(H,100,114)(H,101,105)(H,102,106)(H,103,107)(H,104,108). The second-order valence-electron chi connectivity index (χ2n) is 31.2. The molecule has 1 aliphatic rings. The highest BCUT2D eigenvalue weighted by atomic mass is 16.5. The number of hydrogen-bond donors (Lipinski definition) is 8. The van der Waals surface area contributed by atoms with Gasteiger partial charge in [0, 0.05) is 35.6 Å². The van der Waals surface area contributed by atoms with E-state index in [0.717, 1.165) is 218 Å². The molecule has 664 valence electrons. The molecule has 0 saturated heterocycles. The zero-order valence-electron chi connectivity index (χ0n) is 73.0. The number of ether oxygens (including phenoxy) is 6. The van der Waals surface area contributed by atoms with Gasteiger partial charge >= 0.3 is 11.9 Å². The van der Waals surface area contributed by atoms with E-state index in [2.05, 4.69) is 94.5 Å². The number of allylic oxidation sites excluding steroid dienone is 4. The van der Waals surface area contributed by atoms with Crippen molar-refractivity contribution in [2.75, 3.05) is 87.1 Å². The molecule has 0 atom stereocenters. The average Bonchev–Trinajstić information content (AvgIpc) is 0.850. The quantitative estimate of drug-likeness (QED) is 0.0128. The van der Waals surface area contributed by atoms with Crippen LogP contribution >= 0.6 is 0 Å². The Morgan fingerprint density at radius 2 is 0.508 bits per heavy atom. The minimum absolute atomic E-state index is 0.111. The maximum Gasteiger partial charge on any atom is 0.325 e. The number of cyclic esters (lactones) is 2. The van der Waals surface area contributed by atoms with Gasteiger partial charge in [-0.05, 0) is 163 Å². The van der Waals surface area contributed by atoms with Crippen LogP contribution in [0.5, 0.6) is 23.0 Å². The van der Waals surface area contributed by atoms with Crippen molar-refractivity contribution in [3.05, 3.63) is 119 Å². The van der Waals surface area contributed by atoms with Crippen LogP contribution in [0.2, 0.25) is 0 Å². The number of benzene rings is 4. The number of fused-ring (bicyclic) bond motifs is 8. The maximum atomic E-state index is 14.0. The predicted octanol–water partition coefficient (Wildman–Crippen LogP) is 20.4. The van der Waals surface area contributed by atoms with E-state index in [0.29, 0.717) is 87.8 Å². The van der Waals surface area contributed by atoms with Crippen molar-refractivity contribution in [3.8, 4) is 23.0 Å². The topological polar surface area (TPSA) is 322 Å². The molecule has 0 aromatic heterocycles. The average molecular weight is 1670 g/mol. The van der Waals surface area contributed by atoms with E-state index >= 15 is 0 Å². The first-order valence-corrected chi connectivity index (χ1v) is 45.6. The summed E-state index contributed by atoms with van der Waals surface area (Å²) in [6.07, 6.45) is 49.6. The molecule has 0 spiro atoms. The van der Waals surface area contributed by atoms with E-state index in [1.807, 2.05) is 0 Å². The van der Waals surface area contributed by atoms with Crippen LogP contribution in [0.1, 0.15) is 352 Å². The summed E-state index contributed by atoms with van der Waals surface area (Å²) in [7, 11) is 0. The third-order valence-electron chi connectivity index (χ3n) is 20.6. The van der Waals surface area contributed by atoms with Gasteiger partial charge in [-0.15, -0.1) is 0 Å². The van der Waals surface area contributed by atoms with Crippen molar-refractivity contribution in [2.24, 2.45) is 0 Å². The van der Waals surface area contributed by atoms with Gasteiger partial charge in [0.2, 0.25) is 23.6 Å². The van der Waals surface area contributed by atoms with E-state index in [9.17, 15) is 47.9 Å². The van der Waals surface area contributed by atoms with Crippen molar-refractivity contribution in [2.45, 2.75) is 310 Å². The monoisotopic (exact) mass is 1670 g/mol. The molecular weight excluding hydrogens is 1520 g/mol. The number of nitrogens with one attached hydrogen (secondary N) is 8. The van der Waals surface area contributed by atoms with Gasteiger partial charge in [-0.2, -0.15) is 0 Å². The van der Waals surface area contributed by atoms with Crippen LogP contribution in [-0.4, -0.2) is 125 Å². The fourth-order valence-electron chi connectivity index (χ4n) is 13.6. The molecule has 0 radical (unpaired) electrons. The minimum Gasteiger partial charge on any atom is -0.493 e. The molecular formula is C96H144N8O16. The second-order valence-corrected chi connectivity index (χ2v) is 31.2. The number of amides is 8. The molecule has 8 bridgehead atoms. The number of unbranched alkanes of at least 4 members (excludes halogenated alkanes) is 20. The first-order chi connectivity index (χ1) is 58.6. The smallest absolute Gasteiger partial charge is 0.325 e. The molecule has 0 saturated carbocycles. The highest BCUT2D eigenvalue weighted by molar-refractivity contribution is 6.05. The van der Waals surface area contributed by atoms with Gasteiger partial charge in [-0.25, -0.2) is 0 Å². The van der Waals surface area contributed by atoms with Gasteiger partial charge in [-0.1, -0.05) is 232 Å². The molecule has 0 fully saturated rings. The molecule has 4 aromatic rings.